The largest absolute Gasteiger partial charge is 0.399 e. The Hall–Kier alpha value is -1.72. The summed E-state index contributed by atoms with van der Waals surface area (Å²) in [6.07, 6.45) is 8.19. The Balaban J connectivity index is 2.08. The number of hydrogen-bond donors (Lipinski definition) is 1. The van der Waals surface area contributed by atoms with Crippen LogP contribution in [0.4, 0.5) is 5.69 Å². The van der Waals surface area contributed by atoms with Crippen molar-refractivity contribution in [1.82, 2.24) is 0 Å². The highest BCUT2D eigenvalue weighted by atomic mass is 14.5. The van der Waals surface area contributed by atoms with Crippen molar-refractivity contribution in [2.75, 3.05) is 5.73 Å². The van der Waals surface area contributed by atoms with Crippen LogP contribution in [0.2, 0.25) is 0 Å². The molecule has 0 spiro atoms. The van der Waals surface area contributed by atoms with Crippen molar-refractivity contribution in [1.29, 1.82) is 0 Å². The van der Waals surface area contributed by atoms with Crippen LogP contribution in [-0.2, 0) is 6.42 Å². The molecule has 0 unspecified atom stereocenters. The molecule has 0 aromatic heterocycles. The van der Waals surface area contributed by atoms with E-state index in [2.05, 4.69) is 30.0 Å². The first-order valence-electron chi connectivity index (χ1n) is 4.78. The Labute approximate surface area is 84.3 Å². The van der Waals surface area contributed by atoms with Gasteiger partial charge in [-0.25, -0.2) is 0 Å². The number of nitrogens with two attached hydrogens (primary N) is 1. The van der Waals surface area contributed by atoms with E-state index in [9.17, 15) is 0 Å². The maximum absolute atomic E-state index is 5.62. The summed E-state index contributed by atoms with van der Waals surface area (Å²) in [4.78, 5) is 0. The fourth-order valence-electron chi connectivity index (χ4n) is 1.52. The molecule has 14 heavy (non-hydrogen) atoms. The molecule has 2 rings (SSSR count). The Bertz CT molecular complexity index is 403. The molecule has 70 valence electrons. The molecule has 0 amide bonds. The van der Waals surface area contributed by atoms with E-state index in [-0.39, 0.29) is 0 Å². The second-order valence-corrected chi connectivity index (χ2v) is 3.48. The summed E-state index contributed by atoms with van der Waals surface area (Å²) < 4.78 is 0. The standard InChI is InChI=1S/C13H13N/c14-13-8-6-12(7-9-13)10-11-4-2-1-3-5-11/h2-4,6-9H,5,10,14H2. The second-order valence-electron chi connectivity index (χ2n) is 3.48. The van der Waals surface area contributed by atoms with Gasteiger partial charge in [-0.05, 0) is 42.7 Å². The molecule has 0 radical (unpaired) electrons. The van der Waals surface area contributed by atoms with Gasteiger partial charge in [-0.15, -0.1) is 5.73 Å². The minimum atomic E-state index is 0.825. The molecule has 1 aliphatic rings. The molecule has 0 bridgehead atoms. The maximum Gasteiger partial charge on any atom is 0.0314 e. The van der Waals surface area contributed by atoms with Gasteiger partial charge in [-0.1, -0.05) is 23.8 Å². The summed E-state index contributed by atoms with van der Waals surface area (Å²) in [5.41, 5.74) is 12.2. The van der Waals surface area contributed by atoms with Crippen LogP contribution in [-0.4, -0.2) is 0 Å². The van der Waals surface area contributed by atoms with E-state index >= 15 is 0 Å². The van der Waals surface area contributed by atoms with E-state index in [0.717, 1.165) is 18.5 Å². The van der Waals surface area contributed by atoms with Gasteiger partial charge in [-0.2, -0.15) is 0 Å². The minimum Gasteiger partial charge on any atom is -0.399 e. The first-order chi connectivity index (χ1) is 6.84. The third-order valence-electron chi connectivity index (χ3n) is 2.31. The van der Waals surface area contributed by atoms with Gasteiger partial charge >= 0.3 is 0 Å². The van der Waals surface area contributed by atoms with E-state index in [0.29, 0.717) is 0 Å². The van der Waals surface area contributed by atoms with Crippen LogP contribution in [0.5, 0.6) is 0 Å². The molecule has 0 saturated carbocycles. The van der Waals surface area contributed by atoms with Crippen molar-refractivity contribution in [3.63, 3.8) is 0 Å². The van der Waals surface area contributed by atoms with Crippen molar-refractivity contribution in [2.24, 2.45) is 0 Å². The van der Waals surface area contributed by atoms with Gasteiger partial charge in [0.25, 0.3) is 0 Å². The van der Waals surface area contributed by atoms with Gasteiger partial charge < -0.3 is 5.73 Å². The fourth-order valence-corrected chi connectivity index (χ4v) is 1.52. The third-order valence-corrected chi connectivity index (χ3v) is 2.31. The van der Waals surface area contributed by atoms with Gasteiger partial charge in [0, 0.05) is 5.69 Å². The Kier molecular flexibility index (Phi) is 2.53. The topological polar surface area (TPSA) is 26.0 Å². The molecule has 0 atom stereocenters. The van der Waals surface area contributed by atoms with Crippen molar-refractivity contribution < 1.29 is 0 Å². The van der Waals surface area contributed by atoms with Crippen LogP contribution in [0.1, 0.15) is 12.0 Å². The predicted molar refractivity (Wildman–Crippen MR) is 59.9 cm³/mol. The molecular weight excluding hydrogens is 170 g/mol. The lowest BCUT2D eigenvalue weighted by Gasteiger charge is -2.05. The normalized spacial score (nSPS) is 14.1. The van der Waals surface area contributed by atoms with Crippen molar-refractivity contribution >= 4 is 5.69 Å². The first-order valence-corrected chi connectivity index (χ1v) is 4.78. The number of nitrogen functional groups attached to an aromatic ring is 1. The number of benzene rings is 1. The lowest BCUT2D eigenvalue weighted by molar-refractivity contribution is 1.06. The maximum atomic E-state index is 5.62. The monoisotopic (exact) mass is 183 g/mol. The van der Waals surface area contributed by atoms with Crippen LogP contribution in [0.25, 0.3) is 0 Å². The quantitative estimate of drug-likeness (QED) is 0.553. The predicted octanol–water partition coefficient (Wildman–Crippen LogP) is 2.85. The fraction of sp³-hybridized carbons (Fsp3) is 0.154. The van der Waals surface area contributed by atoms with Gasteiger partial charge in [-0.3, -0.25) is 0 Å². The average Bonchev–Trinajstić information content (AvgIpc) is 2.23. The molecule has 2 N–H and O–H groups in total. The van der Waals surface area contributed by atoms with E-state index < -0.39 is 0 Å². The van der Waals surface area contributed by atoms with E-state index in [1.807, 2.05) is 18.2 Å². The van der Waals surface area contributed by atoms with E-state index in [4.69, 9.17) is 5.73 Å². The number of hydrogen-bond acceptors (Lipinski definition) is 1. The molecule has 0 heterocycles. The smallest absolute Gasteiger partial charge is 0.0314 e. The van der Waals surface area contributed by atoms with Crippen LogP contribution in [0.3, 0.4) is 0 Å². The molecular formula is C13H13N. The highest BCUT2D eigenvalue weighted by molar-refractivity contribution is 5.40. The average molecular weight is 183 g/mol. The summed E-state index contributed by atoms with van der Waals surface area (Å²) in [6, 6.07) is 8.06. The highest BCUT2D eigenvalue weighted by Crippen LogP contribution is 2.15. The van der Waals surface area contributed by atoms with E-state index in [1.54, 1.807) is 0 Å². The highest BCUT2D eigenvalue weighted by Gasteiger charge is 1.99. The van der Waals surface area contributed by atoms with Crippen molar-refractivity contribution in [3.05, 3.63) is 59.4 Å². The van der Waals surface area contributed by atoms with Crippen LogP contribution in [0.15, 0.2) is 53.8 Å². The zero-order valence-corrected chi connectivity index (χ0v) is 8.03. The van der Waals surface area contributed by atoms with Crippen LogP contribution >= 0.6 is 0 Å². The number of anilines is 1. The number of rotatable bonds is 2. The molecule has 0 fully saturated rings. The summed E-state index contributed by atoms with van der Waals surface area (Å²) >= 11 is 0. The van der Waals surface area contributed by atoms with Gasteiger partial charge in [0.1, 0.15) is 0 Å². The minimum absolute atomic E-state index is 0.825. The SMILES string of the molecule is Nc1ccc(CC2=CC=C=CC2)cc1. The second kappa shape index (κ2) is 3.99. The molecule has 1 aliphatic carbocycles. The Morgan fingerprint density at radius 2 is 2.00 bits per heavy atom. The molecule has 1 heteroatoms. The molecule has 1 aromatic rings. The number of allylic oxidation sites excluding steroid dienone is 3. The Morgan fingerprint density at radius 1 is 1.21 bits per heavy atom. The molecule has 0 saturated heterocycles. The summed E-state index contributed by atoms with van der Waals surface area (Å²) in [5.74, 6) is 0. The van der Waals surface area contributed by atoms with Crippen LogP contribution in [0, 0.1) is 0 Å². The molecule has 1 aromatic carbocycles. The van der Waals surface area contributed by atoms with E-state index in [1.165, 1.54) is 11.1 Å². The zero-order chi connectivity index (χ0) is 9.80. The summed E-state index contributed by atoms with van der Waals surface area (Å²) in [6.45, 7) is 0. The zero-order valence-electron chi connectivity index (χ0n) is 8.03. The summed E-state index contributed by atoms with van der Waals surface area (Å²) in [5, 5.41) is 0. The molecule has 0 aliphatic heterocycles. The van der Waals surface area contributed by atoms with Crippen molar-refractivity contribution in [2.45, 2.75) is 12.8 Å². The van der Waals surface area contributed by atoms with Gasteiger partial charge in [0.2, 0.25) is 0 Å². The lowest BCUT2D eigenvalue weighted by Crippen LogP contribution is -1.92. The molecule has 1 nitrogen and oxygen atoms in total. The van der Waals surface area contributed by atoms with Gasteiger partial charge in [0.15, 0.2) is 0 Å². The summed E-state index contributed by atoms with van der Waals surface area (Å²) in [7, 11) is 0. The first kappa shape index (κ1) is 8.86. The lowest BCUT2D eigenvalue weighted by atomic mass is 10.0. The Morgan fingerprint density at radius 3 is 2.64 bits per heavy atom. The third kappa shape index (κ3) is 2.15. The van der Waals surface area contributed by atoms with Crippen LogP contribution < -0.4 is 5.73 Å². The van der Waals surface area contributed by atoms with Gasteiger partial charge in [0.05, 0.1) is 0 Å². The van der Waals surface area contributed by atoms with Crippen molar-refractivity contribution in [3.8, 4) is 0 Å².